The van der Waals surface area contributed by atoms with Gasteiger partial charge in [-0.1, -0.05) is 26.7 Å². The summed E-state index contributed by atoms with van der Waals surface area (Å²) in [6.07, 6.45) is -11.1. The molecule has 0 radical (unpaired) electrons. The molecule has 102 valence electrons. The van der Waals surface area contributed by atoms with Crippen molar-refractivity contribution in [1.82, 2.24) is 0 Å². The Labute approximate surface area is 95.2 Å². The smallest absolute Gasteiger partial charge is 0.299 e. The van der Waals surface area contributed by atoms with Crippen LogP contribution in [0.1, 0.15) is 33.1 Å². The maximum Gasteiger partial charge on any atom is 0.407 e. The second-order valence-electron chi connectivity index (χ2n) is 3.87. The topological polar surface area (TPSA) is 17.1 Å². The maximum absolute atomic E-state index is 12.2. The molecule has 0 amide bonds. The fourth-order valence-electron chi connectivity index (χ4n) is 1.53. The van der Waals surface area contributed by atoms with Gasteiger partial charge < -0.3 is 0 Å². The van der Waals surface area contributed by atoms with E-state index in [9.17, 15) is 31.1 Å². The van der Waals surface area contributed by atoms with Crippen molar-refractivity contribution in [3.8, 4) is 0 Å². The molecule has 0 aromatic carbocycles. The van der Waals surface area contributed by atoms with E-state index >= 15 is 0 Å². The summed E-state index contributed by atoms with van der Waals surface area (Å²) in [6.45, 7) is 3.25. The van der Waals surface area contributed by atoms with Crippen LogP contribution in [0.3, 0.4) is 0 Å². The Bertz CT molecular complexity index is 237. The van der Waals surface area contributed by atoms with Crippen molar-refractivity contribution in [3.63, 3.8) is 0 Å². The quantitative estimate of drug-likeness (QED) is 0.682. The molecule has 0 fully saturated rings. The minimum absolute atomic E-state index is 0.380. The van der Waals surface area contributed by atoms with E-state index < -0.39 is 36.4 Å². The van der Waals surface area contributed by atoms with Crippen molar-refractivity contribution in [2.75, 3.05) is 0 Å². The minimum atomic E-state index is -5.57. The predicted molar refractivity (Wildman–Crippen MR) is 49.3 cm³/mol. The molecule has 0 rings (SSSR count). The highest BCUT2D eigenvalue weighted by atomic mass is 19.4. The number of hydrogen-bond donors (Lipinski definition) is 0. The molecule has 0 aliphatic carbocycles. The van der Waals surface area contributed by atoms with Gasteiger partial charge in [-0.3, -0.25) is 4.79 Å². The van der Waals surface area contributed by atoms with Crippen molar-refractivity contribution >= 4 is 5.78 Å². The molecule has 7 heteroatoms. The summed E-state index contributed by atoms with van der Waals surface area (Å²) in [5, 5.41) is 0. The Balaban J connectivity index is 4.91. The first-order valence-corrected chi connectivity index (χ1v) is 5.20. The number of carbonyl (C=O) groups excluding carboxylic acids is 1. The van der Waals surface area contributed by atoms with E-state index in [0.29, 0.717) is 12.8 Å². The molecule has 0 N–H and O–H groups in total. The summed E-state index contributed by atoms with van der Waals surface area (Å²) >= 11 is 0. The van der Waals surface area contributed by atoms with E-state index in [2.05, 4.69) is 0 Å². The Morgan fingerprint density at radius 2 is 1.29 bits per heavy atom. The standard InChI is InChI=1S/C10H14F6O/c1-3-6(4-2)5-7(17)8(9(11,12)13)10(14,15)16/h6,8H,3-5H2,1-2H3. The molecule has 0 aliphatic rings. The molecule has 0 bridgehead atoms. The van der Waals surface area contributed by atoms with Crippen LogP contribution in [0.15, 0.2) is 0 Å². The highest BCUT2D eigenvalue weighted by molar-refractivity contribution is 5.82. The zero-order chi connectivity index (χ0) is 13.9. The van der Waals surface area contributed by atoms with Gasteiger partial charge in [0.2, 0.25) is 5.92 Å². The largest absolute Gasteiger partial charge is 0.407 e. The van der Waals surface area contributed by atoms with E-state index in [1.165, 1.54) is 0 Å². The Morgan fingerprint density at radius 1 is 0.941 bits per heavy atom. The first kappa shape index (κ1) is 16.2. The fourth-order valence-corrected chi connectivity index (χ4v) is 1.53. The van der Waals surface area contributed by atoms with Gasteiger partial charge >= 0.3 is 12.4 Å². The molecule has 0 aromatic heterocycles. The first-order chi connectivity index (χ1) is 7.54. The molecule has 0 atom stereocenters. The van der Waals surface area contributed by atoms with Gasteiger partial charge in [-0.25, -0.2) is 0 Å². The van der Waals surface area contributed by atoms with Crippen LogP contribution < -0.4 is 0 Å². The molecule has 0 aliphatic heterocycles. The molecule has 17 heavy (non-hydrogen) atoms. The van der Waals surface area contributed by atoms with Crippen molar-refractivity contribution in [2.45, 2.75) is 45.5 Å². The lowest BCUT2D eigenvalue weighted by Gasteiger charge is -2.23. The highest BCUT2D eigenvalue weighted by Crippen LogP contribution is 2.41. The van der Waals surface area contributed by atoms with Gasteiger partial charge in [0.1, 0.15) is 0 Å². The van der Waals surface area contributed by atoms with Gasteiger partial charge in [-0.2, -0.15) is 26.3 Å². The highest BCUT2D eigenvalue weighted by Gasteiger charge is 2.60. The number of hydrogen-bond acceptors (Lipinski definition) is 1. The first-order valence-electron chi connectivity index (χ1n) is 5.20. The molecule has 0 spiro atoms. The Kier molecular flexibility index (Phi) is 5.48. The summed E-state index contributed by atoms with van der Waals surface area (Å²) in [5.74, 6) is -6.08. The van der Waals surface area contributed by atoms with Crippen LogP contribution in [0.2, 0.25) is 0 Å². The van der Waals surface area contributed by atoms with Crippen molar-refractivity contribution in [3.05, 3.63) is 0 Å². The van der Waals surface area contributed by atoms with Crippen LogP contribution in [-0.2, 0) is 4.79 Å². The molecular formula is C10H14F6O. The Morgan fingerprint density at radius 3 is 1.53 bits per heavy atom. The van der Waals surface area contributed by atoms with Gasteiger partial charge in [-0.05, 0) is 5.92 Å². The summed E-state index contributed by atoms with van der Waals surface area (Å²) in [4.78, 5) is 11.1. The van der Waals surface area contributed by atoms with Crippen LogP contribution in [0, 0.1) is 11.8 Å². The SMILES string of the molecule is CCC(CC)CC(=O)C(C(F)(F)F)C(F)(F)F. The second-order valence-corrected chi connectivity index (χ2v) is 3.87. The van der Waals surface area contributed by atoms with Crippen molar-refractivity contribution in [1.29, 1.82) is 0 Å². The lowest BCUT2D eigenvalue weighted by Crippen LogP contribution is -2.42. The van der Waals surface area contributed by atoms with E-state index in [0.717, 1.165) is 0 Å². The zero-order valence-corrected chi connectivity index (χ0v) is 9.45. The van der Waals surface area contributed by atoms with Crippen molar-refractivity contribution in [2.24, 2.45) is 11.8 Å². The number of ketones is 1. The van der Waals surface area contributed by atoms with Gasteiger partial charge in [-0.15, -0.1) is 0 Å². The maximum atomic E-state index is 12.2. The number of rotatable bonds is 5. The van der Waals surface area contributed by atoms with E-state index in [-0.39, 0.29) is 0 Å². The zero-order valence-electron chi connectivity index (χ0n) is 9.45. The molecule has 0 heterocycles. The molecule has 0 saturated heterocycles. The molecule has 0 saturated carbocycles. The van der Waals surface area contributed by atoms with Crippen LogP contribution >= 0.6 is 0 Å². The minimum Gasteiger partial charge on any atom is -0.299 e. The number of Topliss-reactive ketones (excluding diaryl/α,β-unsaturated/α-hetero) is 1. The van der Waals surface area contributed by atoms with Crippen LogP contribution in [0.25, 0.3) is 0 Å². The van der Waals surface area contributed by atoms with Gasteiger partial charge in [0, 0.05) is 6.42 Å². The summed E-state index contributed by atoms with van der Waals surface area (Å²) in [5.41, 5.74) is 0. The fraction of sp³-hybridized carbons (Fsp3) is 0.900. The normalized spacial score (nSPS) is 13.5. The van der Waals surface area contributed by atoms with Gasteiger partial charge in [0.05, 0.1) is 0 Å². The number of carbonyl (C=O) groups is 1. The predicted octanol–water partition coefficient (Wildman–Crippen LogP) is 4.12. The third-order valence-electron chi connectivity index (χ3n) is 2.62. The lowest BCUT2D eigenvalue weighted by molar-refractivity contribution is -0.273. The van der Waals surface area contributed by atoms with Crippen LogP contribution in [0.5, 0.6) is 0 Å². The summed E-state index contributed by atoms with van der Waals surface area (Å²) < 4.78 is 73.1. The van der Waals surface area contributed by atoms with Gasteiger partial charge in [0.15, 0.2) is 5.78 Å². The van der Waals surface area contributed by atoms with Crippen LogP contribution in [-0.4, -0.2) is 18.1 Å². The molecule has 1 nitrogen and oxygen atoms in total. The third-order valence-corrected chi connectivity index (χ3v) is 2.62. The average Bonchev–Trinajstić information content (AvgIpc) is 2.09. The second kappa shape index (κ2) is 5.73. The summed E-state index contributed by atoms with van der Waals surface area (Å²) in [6, 6.07) is 0. The summed E-state index contributed by atoms with van der Waals surface area (Å²) in [7, 11) is 0. The van der Waals surface area contributed by atoms with E-state index in [4.69, 9.17) is 0 Å². The number of alkyl halides is 6. The average molecular weight is 264 g/mol. The van der Waals surface area contributed by atoms with E-state index in [1.807, 2.05) is 0 Å². The van der Waals surface area contributed by atoms with Gasteiger partial charge in [0.25, 0.3) is 0 Å². The Hall–Kier alpha value is -0.750. The number of halogens is 6. The monoisotopic (exact) mass is 264 g/mol. The molecule has 0 unspecified atom stereocenters. The molecular weight excluding hydrogens is 250 g/mol. The molecule has 0 aromatic rings. The van der Waals surface area contributed by atoms with Crippen molar-refractivity contribution < 1.29 is 31.1 Å². The van der Waals surface area contributed by atoms with E-state index in [1.54, 1.807) is 13.8 Å². The third kappa shape index (κ3) is 4.95. The lowest BCUT2D eigenvalue weighted by atomic mass is 9.90. The van der Waals surface area contributed by atoms with Crippen LogP contribution in [0.4, 0.5) is 26.3 Å².